The second-order valence-electron chi connectivity index (χ2n) is 6.33. The largest absolute Gasteiger partial charge is 0.481 e. The zero-order valence-corrected chi connectivity index (χ0v) is 12.2. The van der Waals surface area contributed by atoms with Crippen molar-refractivity contribution in [3.8, 4) is 0 Å². The Labute approximate surface area is 114 Å². The number of hydrogen-bond acceptors (Lipinski definition) is 3. The molecule has 0 aromatic heterocycles. The first-order valence-corrected chi connectivity index (χ1v) is 6.64. The molecule has 19 heavy (non-hydrogen) atoms. The molecule has 2 amide bonds. The van der Waals surface area contributed by atoms with Crippen LogP contribution in [0.1, 0.15) is 40.5 Å². The molecule has 1 unspecified atom stereocenters. The van der Waals surface area contributed by atoms with E-state index in [-0.39, 0.29) is 12.1 Å². The maximum atomic E-state index is 12.2. The number of nitrogens with one attached hydrogen (secondary N) is 1. The van der Waals surface area contributed by atoms with Gasteiger partial charge in [0.1, 0.15) is 0 Å². The molecule has 0 aliphatic carbocycles. The van der Waals surface area contributed by atoms with E-state index in [0.717, 1.165) is 12.8 Å². The number of likely N-dealkylation sites (tertiary alicyclic amines) is 1. The van der Waals surface area contributed by atoms with Crippen LogP contribution in [0.2, 0.25) is 0 Å². The number of nitrogens with zero attached hydrogens (tertiary/aromatic N) is 1. The first-order chi connectivity index (χ1) is 8.58. The highest BCUT2D eigenvalue weighted by Crippen LogP contribution is 2.31. The number of aliphatic carboxylic acids is 1. The predicted octanol–water partition coefficient (Wildman–Crippen LogP) is 1.01. The van der Waals surface area contributed by atoms with Crippen LogP contribution in [0, 0.1) is 5.41 Å². The topological polar surface area (TPSA) is 95.7 Å². The highest BCUT2D eigenvalue weighted by Gasteiger charge is 2.45. The van der Waals surface area contributed by atoms with E-state index in [1.807, 2.05) is 0 Å². The number of hydrogen-bond donors (Lipinski definition) is 3. The van der Waals surface area contributed by atoms with E-state index >= 15 is 0 Å². The molecule has 0 spiro atoms. The van der Waals surface area contributed by atoms with Crippen molar-refractivity contribution in [3.63, 3.8) is 0 Å². The minimum Gasteiger partial charge on any atom is -0.481 e. The molecule has 1 aliphatic heterocycles. The molecule has 1 atom stereocenters. The van der Waals surface area contributed by atoms with E-state index < -0.39 is 16.9 Å². The van der Waals surface area contributed by atoms with Gasteiger partial charge in [-0.25, -0.2) is 4.79 Å². The van der Waals surface area contributed by atoms with E-state index in [2.05, 4.69) is 5.32 Å². The summed E-state index contributed by atoms with van der Waals surface area (Å²) >= 11 is 0. The molecule has 1 saturated heterocycles. The molecule has 4 N–H and O–H groups in total. The summed E-state index contributed by atoms with van der Waals surface area (Å²) in [5.41, 5.74) is 3.94. The fourth-order valence-electron chi connectivity index (χ4n) is 1.96. The van der Waals surface area contributed by atoms with Gasteiger partial charge >= 0.3 is 12.0 Å². The van der Waals surface area contributed by atoms with Crippen molar-refractivity contribution < 1.29 is 14.7 Å². The van der Waals surface area contributed by atoms with Crippen molar-refractivity contribution in [1.29, 1.82) is 0 Å². The average Bonchev–Trinajstić information content (AvgIpc) is 2.27. The summed E-state index contributed by atoms with van der Waals surface area (Å²) in [7, 11) is 0. The van der Waals surface area contributed by atoms with Crippen molar-refractivity contribution in [2.45, 2.75) is 52.1 Å². The van der Waals surface area contributed by atoms with E-state index in [9.17, 15) is 14.7 Å². The SMILES string of the molecule is CC(C)(NC(=O)N1CCCC(N)C1)C(C)(C)C(=O)O. The van der Waals surface area contributed by atoms with E-state index in [1.54, 1.807) is 32.6 Å². The number of carboxylic acid groups (broad SMARTS) is 1. The summed E-state index contributed by atoms with van der Waals surface area (Å²) in [5.74, 6) is -0.937. The molecule has 6 heteroatoms. The molecule has 0 bridgehead atoms. The molecule has 1 aliphatic rings. The number of nitrogens with two attached hydrogens (primary N) is 1. The summed E-state index contributed by atoms with van der Waals surface area (Å²) in [6.45, 7) is 7.86. The Morgan fingerprint density at radius 1 is 1.32 bits per heavy atom. The van der Waals surface area contributed by atoms with Crippen molar-refractivity contribution in [3.05, 3.63) is 0 Å². The van der Waals surface area contributed by atoms with E-state index in [1.165, 1.54) is 0 Å². The number of rotatable bonds is 3. The Bertz CT molecular complexity index is 366. The Morgan fingerprint density at radius 3 is 2.37 bits per heavy atom. The maximum Gasteiger partial charge on any atom is 0.317 e. The van der Waals surface area contributed by atoms with Crippen LogP contribution in [0.4, 0.5) is 4.79 Å². The third-order valence-corrected chi connectivity index (χ3v) is 4.26. The Kier molecular flexibility index (Phi) is 4.45. The average molecular weight is 271 g/mol. The number of piperidine rings is 1. The zero-order valence-electron chi connectivity index (χ0n) is 12.2. The van der Waals surface area contributed by atoms with Crippen molar-refractivity contribution >= 4 is 12.0 Å². The molecule has 0 radical (unpaired) electrons. The number of carbonyl (C=O) groups is 2. The van der Waals surface area contributed by atoms with Gasteiger partial charge in [-0.3, -0.25) is 4.79 Å². The van der Waals surface area contributed by atoms with Crippen molar-refractivity contribution in [2.24, 2.45) is 11.1 Å². The third-order valence-electron chi connectivity index (χ3n) is 4.26. The molecule has 0 saturated carbocycles. The molecule has 0 aromatic rings. The fraction of sp³-hybridized carbons (Fsp3) is 0.846. The molecule has 1 rings (SSSR count). The predicted molar refractivity (Wildman–Crippen MR) is 72.8 cm³/mol. The summed E-state index contributed by atoms with van der Waals surface area (Å²) < 4.78 is 0. The quantitative estimate of drug-likeness (QED) is 0.713. The molecule has 1 fully saturated rings. The van der Waals surface area contributed by atoms with Gasteiger partial charge in [0.05, 0.1) is 11.0 Å². The second kappa shape index (κ2) is 5.36. The Morgan fingerprint density at radius 2 is 1.89 bits per heavy atom. The Balaban J connectivity index is 2.72. The normalized spacial score (nSPS) is 21.1. The first-order valence-electron chi connectivity index (χ1n) is 6.64. The van der Waals surface area contributed by atoms with Crippen LogP contribution < -0.4 is 11.1 Å². The van der Waals surface area contributed by atoms with Crippen LogP contribution in [-0.2, 0) is 4.79 Å². The van der Waals surface area contributed by atoms with Crippen LogP contribution >= 0.6 is 0 Å². The molecule has 6 nitrogen and oxygen atoms in total. The fourth-order valence-corrected chi connectivity index (χ4v) is 1.96. The highest BCUT2D eigenvalue weighted by molar-refractivity contribution is 5.79. The minimum absolute atomic E-state index is 0.00935. The summed E-state index contributed by atoms with van der Waals surface area (Å²) in [6, 6.07) is -0.232. The van der Waals surface area contributed by atoms with E-state index in [0.29, 0.717) is 13.1 Å². The van der Waals surface area contributed by atoms with Crippen LogP contribution in [-0.4, -0.2) is 46.7 Å². The van der Waals surface area contributed by atoms with Gasteiger partial charge in [0.2, 0.25) is 0 Å². The summed E-state index contributed by atoms with van der Waals surface area (Å²) in [6.07, 6.45) is 1.81. The zero-order chi connectivity index (χ0) is 14.8. The third kappa shape index (κ3) is 3.37. The van der Waals surface area contributed by atoms with Crippen LogP contribution in [0.3, 0.4) is 0 Å². The van der Waals surface area contributed by atoms with Crippen molar-refractivity contribution in [2.75, 3.05) is 13.1 Å². The van der Waals surface area contributed by atoms with Gasteiger partial charge in [-0.05, 0) is 40.5 Å². The van der Waals surface area contributed by atoms with Gasteiger partial charge in [0.15, 0.2) is 0 Å². The van der Waals surface area contributed by atoms with Crippen LogP contribution in [0.25, 0.3) is 0 Å². The lowest BCUT2D eigenvalue weighted by Gasteiger charge is -2.41. The lowest BCUT2D eigenvalue weighted by atomic mass is 9.74. The number of urea groups is 1. The minimum atomic E-state index is -1.05. The van der Waals surface area contributed by atoms with Crippen LogP contribution in [0.5, 0.6) is 0 Å². The lowest BCUT2D eigenvalue weighted by molar-refractivity contribution is -0.150. The highest BCUT2D eigenvalue weighted by atomic mass is 16.4. The maximum absolute atomic E-state index is 12.2. The van der Waals surface area contributed by atoms with Crippen molar-refractivity contribution in [1.82, 2.24) is 10.2 Å². The monoisotopic (exact) mass is 271 g/mol. The molecule has 110 valence electrons. The molecule has 1 heterocycles. The lowest BCUT2D eigenvalue weighted by Crippen LogP contribution is -2.61. The van der Waals surface area contributed by atoms with Gasteiger partial charge in [-0.2, -0.15) is 0 Å². The first kappa shape index (κ1) is 15.8. The molecular formula is C13H25N3O3. The van der Waals surface area contributed by atoms with Gasteiger partial charge in [0, 0.05) is 19.1 Å². The smallest absolute Gasteiger partial charge is 0.317 e. The summed E-state index contributed by atoms with van der Waals surface area (Å²) in [4.78, 5) is 25.1. The van der Waals surface area contributed by atoms with Crippen LogP contribution in [0.15, 0.2) is 0 Å². The van der Waals surface area contributed by atoms with Gasteiger partial charge in [0.25, 0.3) is 0 Å². The number of carboxylic acids is 1. The number of amides is 2. The van der Waals surface area contributed by atoms with Gasteiger partial charge in [-0.15, -0.1) is 0 Å². The molecule has 0 aromatic carbocycles. The standard InChI is InChI=1S/C13H25N3O3/c1-12(2,10(17)18)13(3,4)15-11(19)16-7-5-6-9(14)8-16/h9H,5-8,14H2,1-4H3,(H,15,19)(H,17,18). The number of carbonyl (C=O) groups excluding carboxylic acids is 1. The van der Waals surface area contributed by atoms with Gasteiger partial charge in [-0.1, -0.05) is 0 Å². The molecular weight excluding hydrogens is 246 g/mol. The summed E-state index contributed by atoms with van der Waals surface area (Å²) in [5, 5.41) is 12.1. The van der Waals surface area contributed by atoms with E-state index in [4.69, 9.17) is 5.73 Å². The second-order valence-corrected chi connectivity index (χ2v) is 6.33. The van der Waals surface area contributed by atoms with Gasteiger partial charge < -0.3 is 21.1 Å². The Hall–Kier alpha value is -1.30.